The molecule has 106 valence electrons. The highest BCUT2D eigenvalue weighted by atomic mass is 19.1. The summed E-state index contributed by atoms with van der Waals surface area (Å²) in [6.07, 6.45) is 0. The van der Waals surface area contributed by atoms with Crippen LogP contribution >= 0.6 is 0 Å². The van der Waals surface area contributed by atoms with Gasteiger partial charge in [-0.25, -0.2) is 4.39 Å². The molecule has 4 nitrogen and oxygen atoms in total. The van der Waals surface area contributed by atoms with Crippen molar-refractivity contribution in [2.45, 2.75) is 13.8 Å². The maximum Gasteiger partial charge on any atom is 0.258 e. The highest BCUT2D eigenvalue weighted by Crippen LogP contribution is 2.27. The summed E-state index contributed by atoms with van der Waals surface area (Å²) in [5.74, 6) is 0.583. The van der Waals surface area contributed by atoms with Gasteiger partial charge in [0.1, 0.15) is 5.82 Å². The number of anilines is 1. The number of nitrogens with zero attached hydrogens (tertiary/aromatic N) is 2. The van der Waals surface area contributed by atoms with Crippen molar-refractivity contribution in [3.05, 3.63) is 53.3 Å². The Kier molecular flexibility index (Phi) is 3.17. The lowest BCUT2D eigenvalue weighted by atomic mass is 10.1. The predicted molar refractivity (Wildman–Crippen MR) is 79.0 cm³/mol. The zero-order valence-corrected chi connectivity index (χ0v) is 11.7. The molecule has 0 unspecified atom stereocenters. The van der Waals surface area contributed by atoms with Crippen LogP contribution < -0.4 is 5.73 Å². The zero-order chi connectivity index (χ0) is 15.0. The van der Waals surface area contributed by atoms with Gasteiger partial charge >= 0.3 is 0 Å². The van der Waals surface area contributed by atoms with Crippen LogP contribution in [0.3, 0.4) is 0 Å². The van der Waals surface area contributed by atoms with Gasteiger partial charge in [-0.05, 0) is 61.4 Å². The molecular weight excluding hydrogens is 269 g/mol. The minimum atomic E-state index is -0.283. The molecule has 0 atom stereocenters. The Hall–Kier alpha value is -2.69. The van der Waals surface area contributed by atoms with E-state index in [0.717, 1.165) is 22.3 Å². The number of hydrogen-bond donors (Lipinski definition) is 1. The molecule has 0 aliphatic rings. The Morgan fingerprint density at radius 1 is 1.00 bits per heavy atom. The fourth-order valence-corrected chi connectivity index (χ4v) is 2.25. The standard InChI is InChI=1S/C16H14FN3O/c1-9-7-11(17)3-5-13(9)15-19-16(21-20-15)14-6-4-12(18)8-10(14)2/h3-8H,18H2,1-2H3. The number of aryl methyl sites for hydroxylation is 2. The summed E-state index contributed by atoms with van der Waals surface area (Å²) in [6, 6.07) is 9.96. The van der Waals surface area contributed by atoms with E-state index in [0.29, 0.717) is 17.4 Å². The molecule has 0 spiro atoms. The van der Waals surface area contributed by atoms with E-state index in [1.165, 1.54) is 12.1 Å². The van der Waals surface area contributed by atoms with Gasteiger partial charge in [0.05, 0.1) is 0 Å². The molecule has 1 aromatic heterocycles. The number of rotatable bonds is 2. The van der Waals surface area contributed by atoms with Gasteiger partial charge in [-0.1, -0.05) is 5.16 Å². The molecule has 1 heterocycles. The summed E-state index contributed by atoms with van der Waals surface area (Å²) >= 11 is 0. The lowest BCUT2D eigenvalue weighted by molar-refractivity contribution is 0.432. The third-order valence-electron chi connectivity index (χ3n) is 3.34. The Morgan fingerprint density at radius 2 is 1.71 bits per heavy atom. The van der Waals surface area contributed by atoms with E-state index in [4.69, 9.17) is 10.3 Å². The fraction of sp³-hybridized carbons (Fsp3) is 0.125. The van der Waals surface area contributed by atoms with Crippen LogP contribution in [0, 0.1) is 19.7 Å². The second-order valence-electron chi connectivity index (χ2n) is 4.96. The zero-order valence-electron chi connectivity index (χ0n) is 11.7. The van der Waals surface area contributed by atoms with Crippen molar-refractivity contribution in [3.8, 4) is 22.8 Å². The first kappa shape index (κ1) is 13.3. The van der Waals surface area contributed by atoms with E-state index in [-0.39, 0.29) is 5.82 Å². The van der Waals surface area contributed by atoms with Crippen LogP contribution in [0.4, 0.5) is 10.1 Å². The molecule has 0 amide bonds. The second-order valence-corrected chi connectivity index (χ2v) is 4.96. The topological polar surface area (TPSA) is 64.9 Å². The van der Waals surface area contributed by atoms with Crippen molar-refractivity contribution in [1.82, 2.24) is 10.1 Å². The van der Waals surface area contributed by atoms with Gasteiger partial charge in [0.15, 0.2) is 0 Å². The van der Waals surface area contributed by atoms with Crippen LogP contribution in [0.2, 0.25) is 0 Å². The summed E-state index contributed by atoms with van der Waals surface area (Å²) < 4.78 is 18.5. The summed E-state index contributed by atoms with van der Waals surface area (Å²) in [5.41, 5.74) is 9.72. The second kappa shape index (κ2) is 5.01. The Labute approximate surface area is 121 Å². The lowest BCUT2D eigenvalue weighted by Crippen LogP contribution is -1.89. The molecule has 0 radical (unpaired) electrons. The maximum atomic E-state index is 13.1. The first-order valence-corrected chi connectivity index (χ1v) is 6.51. The van der Waals surface area contributed by atoms with Crippen molar-refractivity contribution in [2.75, 3.05) is 5.73 Å². The third-order valence-corrected chi connectivity index (χ3v) is 3.34. The van der Waals surface area contributed by atoms with Crippen molar-refractivity contribution in [2.24, 2.45) is 0 Å². The lowest BCUT2D eigenvalue weighted by Gasteiger charge is -2.01. The van der Waals surface area contributed by atoms with Crippen LogP contribution in [0.5, 0.6) is 0 Å². The fourth-order valence-electron chi connectivity index (χ4n) is 2.25. The van der Waals surface area contributed by atoms with E-state index in [1.807, 2.05) is 26.0 Å². The average molecular weight is 283 g/mol. The van der Waals surface area contributed by atoms with Crippen molar-refractivity contribution in [3.63, 3.8) is 0 Å². The first-order chi connectivity index (χ1) is 10.0. The molecular formula is C16H14FN3O. The molecule has 21 heavy (non-hydrogen) atoms. The molecule has 2 aromatic carbocycles. The summed E-state index contributed by atoms with van der Waals surface area (Å²) in [7, 11) is 0. The monoisotopic (exact) mass is 283 g/mol. The molecule has 0 aliphatic carbocycles. The Bertz CT molecular complexity index is 745. The molecule has 5 heteroatoms. The third kappa shape index (κ3) is 2.50. The van der Waals surface area contributed by atoms with Crippen molar-refractivity contribution < 1.29 is 8.91 Å². The first-order valence-electron chi connectivity index (χ1n) is 6.51. The van der Waals surface area contributed by atoms with E-state index in [2.05, 4.69) is 10.1 Å². The highest BCUT2D eigenvalue weighted by molar-refractivity contribution is 5.66. The normalized spacial score (nSPS) is 10.8. The molecule has 0 aliphatic heterocycles. The molecule has 0 saturated heterocycles. The van der Waals surface area contributed by atoms with E-state index in [9.17, 15) is 4.39 Å². The largest absolute Gasteiger partial charge is 0.399 e. The van der Waals surface area contributed by atoms with Gasteiger partial charge in [-0.3, -0.25) is 0 Å². The van der Waals surface area contributed by atoms with Gasteiger partial charge in [0, 0.05) is 16.8 Å². The van der Waals surface area contributed by atoms with Crippen molar-refractivity contribution in [1.29, 1.82) is 0 Å². The van der Waals surface area contributed by atoms with Gasteiger partial charge in [0.2, 0.25) is 5.82 Å². The van der Waals surface area contributed by atoms with Crippen LogP contribution in [0.1, 0.15) is 11.1 Å². The Morgan fingerprint density at radius 3 is 2.43 bits per heavy atom. The van der Waals surface area contributed by atoms with E-state index in [1.54, 1.807) is 12.1 Å². The summed E-state index contributed by atoms with van der Waals surface area (Å²) in [5, 5.41) is 3.98. The van der Waals surface area contributed by atoms with E-state index >= 15 is 0 Å². The van der Waals surface area contributed by atoms with E-state index < -0.39 is 0 Å². The number of aromatic nitrogens is 2. The van der Waals surface area contributed by atoms with Crippen LogP contribution in [-0.2, 0) is 0 Å². The van der Waals surface area contributed by atoms with Gasteiger partial charge < -0.3 is 10.3 Å². The molecule has 0 saturated carbocycles. The van der Waals surface area contributed by atoms with Gasteiger partial charge in [0.25, 0.3) is 5.89 Å². The average Bonchev–Trinajstić information content (AvgIpc) is 2.87. The number of halogens is 1. The SMILES string of the molecule is Cc1cc(F)ccc1-c1noc(-c2ccc(N)cc2C)n1. The minimum Gasteiger partial charge on any atom is -0.399 e. The number of hydrogen-bond acceptors (Lipinski definition) is 4. The number of benzene rings is 2. The van der Waals surface area contributed by atoms with Gasteiger partial charge in [-0.15, -0.1) is 0 Å². The van der Waals surface area contributed by atoms with Crippen LogP contribution in [-0.4, -0.2) is 10.1 Å². The maximum absolute atomic E-state index is 13.1. The molecule has 0 fully saturated rings. The summed E-state index contributed by atoms with van der Waals surface area (Å²) in [6.45, 7) is 3.74. The quantitative estimate of drug-likeness (QED) is 0.727. The molecule has 0 bridgehead atoms. The smallest absolute Gasteiger partial charge is 0.258 e. The molecule has 3 rings (SSSR count). The van der Waals surface area contributed by atoms with Crippen LogP contribution in [0.25, 0.3) is 22.8 Å². The van der Waals surface area contributed by atoms with Crippen LogP contribution in [0.15, 0.2) is 40.9 Å². The van der Waals surface area contributed by atoms with Crippen molar-refractivity contribution >= 4 is 5.69 Å². The predicted octanol–water partition coefficient (Wildman–Crippen LogP) is 3.74. The highest BCUT2D eigenvalue weighted by Gasteiger charge is 2.14. The molecule has 2 N–H and O–H groups in total. The number of nitrogens with two attached hydrogens (primary N) is 1. The minimum absolute atomic E-state index is 0.283. The molecule has 3 aromatic rings. The Balaban J connectivity index is 2.03. The summed E-state index contributed by atoms with van der Waals surface area (Å²) in [4.78, 5) is 4.39. The van der Waals surface area contributed by atoms with Gasteiger partial charge in [-0.2, -0.15) is 4.98 Å². The number of nitrogen functional groups attached to an aromatic ring is 1.